The summed E-state index contributed by atoms with van der Waals surface area (Å²) in [6.45, 7) is 10.2. The Kier molecular flexibility index (Phi) is 70.0. The number of rotatable bonds is 26. The molecule has 9 rings (SSSR count). The van der Waals surface area contributed by atoms with Crippen molar-refractivity contribution < 1.29 is 138 Å². The van der Waals surface area contributed by atoms with E-state index in [2.05, 4.69) is 142 Å². The number of thiazole rings is 3. The number of hydrogen-bond donors (Lipinski definition) is 5. The Bertz CT molecular complexity index is 4540. The van der Waals surface area contributed by atoms with Crippen LogP contribution in [0, 0.1) is 0 Å². The number of carbonyl (C=O) groups excluding carboxylic acids is 9. The summed E-state index contributed by atoms with van der Waals surface area (Å²) in [6.07, 6.45) is 3.26. The van der Waals surface area contributed by atoms with Crippen LogP contribution in [-0.2, 0) is 105 Å². The monoisotopic (exact) mass is 2150 g/mol. The van der Waals surface area contributed by atoms with E-state index in [1.807, 2.05) is 48.5 Å². The Morgan fingerprint density at radius 1 is 0.533 bits per heavy atom. The molecule has 6 aromatic carbocycles. The van der Waals surface area contributed by atoms with E-state index >= 15 is 0 Å². The number of ether oxygens (including phenoxy) is 5. The van der Waals surface area contributed by atoms with Crippen LogP contribution < -0.4 is 68.6 Å². The van der Waals surface area contributed by atoms with E-state index < -0.39 is 37.9 Å². The SMILES string of the molecule is CCOC(=O)C(Br)C(=O)Cc1ccc(Cl)cc1.CCOC(=O)CC(=O)Cc1ccc(Cl)cc1.CCOC(=O)C[C-]=O.CCOC(=O)c1sc(Br)nc1Cc1ccc(Cl)cc1.CCOC(=O)c1sc(N)nc1Cc1ccc(Cl)cc1.NC(N)=S.O=C(Cl)Cc1ccc(Cl)cc1.O=C(O)c1sc(Br)nc1Cc1ccc(Cl)cc1.O=S(Cl)Cl.[B]=NS.[K+].[OH-]. The molecule has 0 spiro atoms. The van der Waals surface area contributed by atoms with E-state index in [0.29, 0.717) is 110 Å². The number of aromatic carboxylic acids is 1. The number of alkyl halides is 1. The number of thiocarbonyl (C=S) groups is 1. The third kappa shape index (κ3) is 57.7. The van der Waals surface area contributed by atoms with Gasteiger partial charge in [-0.25, -0.2) is 33.5 Å². The Hall–Kier alpha value is -4.79. The number of anilines is 1. The fraction of sp³-hybridized carbons (Fsp3) is 0.253. The molecule has 3 heterocycles. The maximum Gasteiger partial charge on any atom is 1.00 e. The second kappa shape index (κ2) is 70.4. The third-order valence-corrected chi connectivity index (χ3v) is 19.3. The number of thiol groups is 1. The van der Waals surface area contributed by atoms with Crippen LogP contribution in [0.2, 0.25) is 30.1 Å². The van der Waals surface area contributed by atoms with E-state index in [1.165, 1.54) is 17.6 Å². The minimum atomic E-state index is -1.67. The molecule has 0 aliphatic carbocycles. The number of nitrogens with zero attached hydrogens (tertiary/aromatic N) is 4. The number of carbonyl (C=O) groups is 9. The molecule has 1 atom stereocenters. The second-order valence-electron chi connectivity index (χ2n) is 21.7. The van der Waals surface area contributed by atoms with E-state index in [0.717, 1.165) is 61.7 Å². The van der Waals surface area contributed by atoms with Crippen molar-refractivity contribution in [3.8, 4) is 0 Å². The summed E-state index contributed by atoms with van der Waals surface area (Å²) < 4.78 is 36.9. The third-order valence-electron chi connectivity index (χ3n) is 12.8. The Morgan fingerprint density at radius 3 is 1.13 bits per heavy atom. The van der Waals surface area contributed by atoms with Gasteiger partial charge in [0.1, 0.15) is 26.8 Å². The number of nitrogen functional groups attached to an aromatic ring is 1. The molecule has 1 radical (unpaired) electrons. The summed E-state index contributed by atoms with van der Waals surface area (Å²) in [7, 11) is 11.7. The molecule has 0 aliphatic heterocycles. The number of ketones is 2. The Morgan fingerprint density at radius 2 is 0.817 bits per heavy atom. The number of Topliss-reactive ketones (excluding diaryl/α,β-unsaturated/α-hetero) is 2. The summed E-state index contributed by atoms with van der Waals surface area (Å²) in [5, 5.41) is 13.0. The molecular formula is C75H75BBr3Cl9KN7O18S6-. The molecule has 25 nitrogen and oxygen atoms in total. The molecular weight excluding hydrogens is 2090 g/mol. The van der Waals surface area contributed by atoms with Gasteiger partial charge in [0.15, 0.2) is 28.7 Å². The number of hydrogen-bond acceptors (Lipinski definition) is 27. The number of halogens is 12. The molecule has 643 valence electrons. The molecule has 0 saturated heterocycles. The zero-order chi connectivity index (χ0) is 89.4. The van der Waals surface area contributed by atoms with Crippen molar-refractivity contribution in [1.29, 1.82) is 0 Å². The van der Waals surface area contributed by atoms with E-state index in [4.69, 9.17) is 110 Å². The summed E-state index contributed by atoms with van der Waals surface area (Å²) in [5.41, 5.74) is 22.4. The number of nitrogens with two attached hydrogens (primary N) is 3. The second-order valence-corrected chi connectivity index (χ2v) is 34.4. The van der Waals surface area contributed by atoms with Crippen molar-refractivity contribution >= 4 is 295 Å². The zero-order valence-corrected chi connectivity index (χ0v) is 83.8. The van der Waals surface area contributed by atoms with Gasteiger partial charge in [-0.3, -0.25) is 35.1 Å². The fourth-order valence-electron chi connectivity index (χ4n) is 8.18. The predicted molar refractivity (Wildman–Crippen MR) is 492 cm³/mol. The molecule has 0 aliphatic rings. The molecule has 0 saturated carbocycles. The Labute approximate surface area is 831 Å². The van der Waals surface area contributed by atoms with Crippen molar-refractivity contribution in [2.24, 2.45) is 15.8 Å². The summed E-state index contributed by atoms with van der Waals surface area (Å²) >= 11 is 60.1. The van der Waals surface area contributed by atoms with Crippen molar-refractivity contribution in [2.45, 2.75) is 90.8 Å². The molecule has 3 aromatic heterocycles. The predicted octanol–water partition coefficient (Wildman–Crippen LogP) is 16.4. The molecule has 0 bridgehead atoms. The van der Waals surface area contributed by atoms with Crippen LogP contribution in [0.25, 0.3) is 0 Å². The zero-order valence-electron chi connectivity index (χ0n) is 64.2. The van der Waals surface area contributed by atoms with Gasteiger partial charge in [0.05, 0.1) is 50.1 Å². The van der Waals surface area contributed by atoms with Gasteiger partial charge in [0.25, 0.3) is 5.97 Å². The van der Waals surface area contributed by atoms with Gasteiger partial charge in [0.2, 0.25) is 14.5 Å². The number of carboxylic acid groups (broad SMARTS) is 1. The van der Waals surface area contributed by atoms with Crippen molar-refractivity contribution in [1.82, 2.24) is 15.0 Å². The molecule has 45 heteroatoms. The average Bonchev–Trinajstić information content (AvgIpc) is 1.71. The Balaban J connectivity index is -0.00000131. The quantitative estimate of drug-likeness (QED) is 0.00387. The molecule has 0 fully saturated rings. The van der Waals surface area contributed by atoms with Crippen LogP contribution in [0.3, 0.4) is 0 Å². The first-order valence-corrected chi connectivity index (χ1v) is 44.6. The maximum absolute atomic E-state index is 11.8. The standard InChI is InChI=1S/C13H11BrClNO2S.C13H13ClN2O2S.C12H12BrClO3.C12H13ClO3.C11H7BrClNO2S.C8H6Cl2O.C5H7O3.CH4N2S.BHNS.Cl2OS.K.H2O/c1-2-18-12(17)11-10(16-13(14)19-11)7-8-3-5-9(15)6-4-8;1-2-18-12(17)11-10(16-13(15)19-11)7-8-3-5-9(14)6-4-8;1-2-17-12(16)11(13)10(15)7-8-3-5-9(14)6-4-8;1-2-16-12(15)8-11(14)7-9-3-5-10(13)6-4-9;12-11-14-8(9(17-11)10(15)16)5-6-1-3-7(13)4-2-6;9-7-3-1-6(2-4-7)5-8(10)11;1-2-8-5(7)3-4-6;2-1(3)4;1-2-3;1-4(2)3;;/h3-6H,2,7H2,1H3;3-6H,2,7H2,1H3,(H2,15,16);3-6,11H,2,7H2,1H3;3-6H,2,7-8H2,1H3;1-4H,5H2,(H,15,16);1-4H,5H2;2-3H2,1H3;(H4,2,3,4);3H;;;1H2/q;;;;;;-1;;;;+1;/p-1. The first-order valence-electron chi connectivity index (χ1n) is 33.4. The average molecular weight is 2160 g/mol. The minimum Gasteiger partial charge on any atom is -0.870 e. The summed E-state index contributed by atoms with van der Waals surface area (Å²) in [6, 6.07) is 43.1. The smallest absolute Gasteiger partial charge is 0.870 e. The summed E-state index contributed by atoms with van der Waals surface area (Å²) in [5.74, 6) is -3.56. The van der Waals surface area contributed by atoms with E-state index in [9.17, 15) is 47.9 Å². The van der Waals surface area contributed by atoms with Crippen molar-refractivity contribution in [2.75, 3.05) is 38.8 Å². The van der Waals surface area contributed by atoms with Crippen LogP contribution in [0.5, 0.6) is 0 Å². The van der Waals surface area contributed by atoms with Gasteiger partial charge in [-0.05, 0) is 196 Å². The fourth-order valence-corrected chi connectivity index (χ4v) is 12.9. The van der Waals surface area contributed by atoms with E-state index in [1.54, 1.807) is 132 Å². The van der Waals surface area contributed by atoms with Crippen LogP contribution in [0.4, 0.5) is 5.13 Å². The van der Waals surface area contributed by atoms with Crippen LogP contribution in [0.15, 0.2) is 158 Å². The molecule has 0 amide bonds. The van der Waals surface area contributed by atoms with E-state index in [-0.39, 0.29) is 134 Å². The van der Waals surface area contributed by atoms with Crippen molar-refractivity contribution in [3.05, 3.63) is 249 Å². The normalized spacial score (nSPS) is 9.82. The molecule has 9 aromatic rings. The van der Waals surface area contributed by atoms with Crippen molar-refractivity contribution in [3.63, 3.8) is 0 Å². The number of benzene rings is 6. The molecule has 1 unspecified atom stereocenters. The van der Waals surface area contributed by atoms with Crippen LogP contribution in [-0.4, -0.2) is 139 Å². The number of esters is 5. The van der Waals surface area contributed by atoms with Gasteiger partial charge >= 0.3 is 106 Å². The topological polar surface area (TPSA) is 413 Å². The first kappa shape index (κ1) is 119. The number of carboxylic acids is 1. The van der Waals surface area contributed by atoms with Gasteiger partial charge in [-0.15, -0.1) is 0 Å². The summed E-state index contributed by atoms with van der Waals surface area (Å²) in [4.78, 5) is 123. The van der Waals surface area contributed by atoms with Gasteiger partial charge in [-0.2, -0.15) is 0 Å². The van der Waals surface area contributed by atoms with Gasteiger partial charge < -0.3 is 56.3 Å². The molecule has 8 N–H and O–H groups in total. The van der Waals surface area contributed by atoms with Crippen LogP contribution in [0.1, 0.15) is 127 Å². The van der Waals surface area contributed by atoms with Gasteiger partial charge in [0, 0.05) is 90.0 Å². The minimum absolute atomic E-state index is 0. The number of aromatic nitrogens is 3. The largest absolute Gasteiger partial charge is 1.00 e. The van der Waals surface area contributed by atoms with Crippen LogP contribution >= 0.6 is 209 Å². The first-order chi connectivity index (χ1) is 55.8. The molecule has 120 heavy (non-hydrogen) atoms. The maximum atomic E-state index is 11.8. The van der Waals surface area contributed by atoms with Gasteiger partial charge in [-0.1, -0.05) is 199 Å².